The molecule has 3 fully saturated rings. The highest BCUT2D eigenvalue weighted by atomic mass is 32.1. The van der Waals surface area contributed by atoms with E-state index in [1.165, 1.54) is 41.9 Å². The molecule has 0 saturated carbocycles. The number of aromatic nitrogens is 4. The first-order valence-electron chi connectivity index (χ1n) is 26.1. The van der Waals surface area contributed by atoms with Gasteiger partial charge in [0, 0.05) is 74.9 Å². The van der Waals surface area contributed by atoms with Crippen LogP contribution in [-0.2, 0) is 42.6 Å². The van der Waals surface area contributed by atoms with Crippen LogP contribution in [0.2, 0.25) is 0 Å². The van der Waals surface area contributed by atoms with Crippen LogP contribution in [0.15, 0.2) is 97.1 Å². The van der Waals surface area contributed by atoms with Crippen molar-refractivity contribution in [3.8, 4) is 5.75 Å². The van der Waals surface area contributed by atoms with Crippen LogP contribution in [0.5, 0.6) is 5.75 Å². The predicted molar refractivity (Wildman–Crippen MR) is 287 cm³/mol. The number of likely N-dealkylation sites (tertiary alicyclic amines) is 1. The number of pyridine rings is 1. The number of para-hydroxylation sites is 1. The summed E-state index contributed by atoms with van der Waals surface area (Å²) in [5.74, 6) is -0.282. The number of carbonyl (C=O) groups is 4. The number of benzene rings is 4. The first kappa shape index (κ1) is 49.0. The molecule has 7 aromatic rings. The molecule has 16 nitrogen and oxygen atoms in total. The number of ether oxygens (including phenoxy) is 1. The number of amides is 3. The molecule has 11 rings (SSSR count). The quantitative estimate of drug-likeness (QED) is 0.0793. The van der Waals surface area contributed by atoms with Gasteiger partial charge in [0.2, 0.25) is 11.8 Å². The van der Waals surface area contributed by atoms with Crippen molar-refractivity contribution in [3.63, 3.8) is 0 Å². The van der Waals surface area contributed by atoms with E-state index >= 15 is 0 Å². The lowest BCUT2D eigenvalue weighted by Crippen LogP contribution is -2.47. The number of piperidine rings is 2. The van der Waals surface area contributed by atoms with E-state index in [4.69, 9.17) is 9.84 Å². The maximum atomic E-state index is 13.6. The summed E-state index contributed by atoms with van der Waals surface area (Å²) in [7, 11) is 1.92. The smallest absolute Gasteiger partial charge is 0.354 e. The number of fused-ring (bicyclic) bond motifs is 3. The van der Waals surface area contributed by atoms with Crippen LogP contribution in [0.3, 0.4) is 0 Å². The molecular formula is C57H62N10O6S. The molecule has 382 valence electrons. The van der Waals surface area contributed by atoms with E-state index in [1.807, 2.05) is 77.3 Å². The highest BCUT2D eigenvalue weighted by molar-refractivity contribution is 7.22. The summed E-state index contributed by atoms with van der Waals surface area (Å²) in [6.45, 7) is 9.63. The molecule has 74 heavy (non-hydrogen) atoms. The molecule has 0 aliphatic carbocycles. The van der Waals surface area contributed by atoms with E-state index in [9.17, 15) is 24.3 Å². The fourth-order valence-electron chi connectivity index (χ4n) is 11.3. The highest BCUT2D eigenvalue weighted by Crippen LogP contribution is 2.34. The Morgan fingerprint density at radius 1 is 0.824 bits per heavy atom. The lowest BCUT2D eigenvalue weighted by Gasteiger charge is -2.37. The highest BCUT2D eigenvalue weighted by Gasteiger charge is 2.32. The van der Waals surface area contributed by atoms with Gasteiger partial charge >= 0.3 is 5.97 Å². The molecule has 4 aliphatic rings. The van der Waals surface area contributed by atoms with Crippen LogP contribution < -0.4 is 25.2 Å². The summed E-state index contributed by atoms with van der Waals surface area (Å²) in [6.07, 6.45) is 7.19. The number of aryl methyl sites for hydroxylation is 2. The number of carbonyl (C=O) groups excluding carboxylic acids is 3. The minimum atomic E-state index is -1.11. The van der Waals surface area contributed by atoms with Gasteiger partial charge in [-0.3, -0.25) is 34.6 Å². The van der Waals surface area contributed by atoms with E-state index in [2.05, 4.69) is 65.6 Å². The molecule has 4 aliphatic heterocycles. The van der Waals surface area contributed by atoms with Crippen molar-refractivity contribution >= 4 is 72.8 Å². The van der Waals surface area contributed by atoms with Crippen molar-refractivity contribution in [3.05, 3.63) is 136 Å². The molecule has 3 aromatic heterocycles. The Bertz CT molecular complexity index is 3200. The standard InChI is InChI=1S/C57H62N10O6S/c1-63-48-34-41(16-17-44(48)53(62-63)45-18-20-51(68)60-55(45)70)66-31-29-65(30-32-66)25-6-24-64-26-21-37(22-27-64)13-14-38-7-4-9-42(33-38)73-36-40-15-19-50(59-52(40)56(71)72)67-28-23-39-8-5-10-43(46(39)35-67)54(69)61-57-58-47-11-2-3-12-49(47)74-57/h2-5,7-12,15-17,19,33-34,37,45H,6,13-14,18,20-32,35-36H2,1H3,(H,71,72)(H,58,61,69)(H,60,68,70). The third-order valence-electron chi connectivity index (χ3n) is 15.5. The maximum absolute atomic E-state index is 13.6. The molecule has 3 N–H and O–H groups in total. The number of anilines is 3. The van der Waals surface area contributed by atoms with Gasteiger partial charge in [-0.05, 0) is 154 Å². The third kappa shape index (κ3) is 10.9. The lowest BCUT2D eigenvalue weighted by atomic mass is 9.90. The average molecular weight is 1020 g/mol. The number of nitrogens with zero attached hydrogens (tertiary/aromatic N) is 8. The number of piperazine rings is 1. The molecule has 4 aromatic carbocycles. The van der Waals surface area contributed by atoms with Crippen molar-refractivity contribution in [1.82, 2.24) is 34.9 Å². The van der Waals surface area contributed by atoms with Crippen molar-refractivity contribution < 1.29 is 29.0 Å². The average Bonchev–Trinajstić information content (AvgIpc) is 3.99. The zero-order valence-corrected chi connectivity index (χ0v) is 42.6. The Balaban J connectivity index is 0.610. The van der Waals surface area contributed by atoms with Crippen LogP contribution in [-0.4, -0.2) is 117 Å². The number of aromatic carboxylic acids is 1. The molecule has 3 saturated heterocycles. The molecule has 17 heteroatoms. The van der Waals surface area contributed by atoms with E-state index < -0.39 is 11.9 Å². The van der Waals surface area contributed by atoms with Crippen molar-refractivity contribution in [1.29, 1.82) is 0 Å². The van der Waals surface area contributed by atoms with Crippen LogP contribution in [0, 0.1) is 5.92 Å². The number of rotatable bonds is 16. The molecule has 3 amide bonds. The zero-order chi connectivity index (χ0) is 50.7. The number of thiazole rings is 1. The van der Waals surface area contributed by atoms with E-state index in [1.54, 1.807) is 6.07 Å². The van der Waals surface area contributed by atoms with Gasteiger partial charge < -0.3 is 24.5 Å². The summed E-state index contributed by atoms with van der Waals surface area (Å²) in [5, 5.41) is 22.0. The van der Waals surface area contributed by atoms with Gasteiger partial charge in [0.1, 0.15) is 18.2 Å². The molecule has 1 atom stereocenters. The van der Waals surface area contributed by atoms with E-state index in [-0.39, 0.29) is 30.0 Å². The Labute approximate surface area is 434 Å². The van der Waals surface area contributed by atoms with Gasteiger partial charge in [-0.25, -0.2) is 14.8 Å². The van der Waals surface area contributed by atoms with Crippen LogP contribution >= 0.6 is 11.3 Å². The molecule has 1 unspecified atom stereocenters. The van der Waals surface area contributed by atoms with Crippen molar-refractivity contribution in [2.24, 2.45) is 13.0 Å². The Kier molecular flexibility index (Phi) is 14.4. The largest absolute Gasteiger partial charge is 0.489 e. The Morgan fingerprint density at radius 2 is 1.64 bits per heavy atom. The second-order valence-electron chi connectivity index (χ2n) is 20.2. The number of hydrogen-bond acceptors (Lipinski definition) is 13. The second-order valence-corrected chi connectivity index (χ2v) is 21.2. The summed E-state index contributed by atoms with van der Waals surface area (Å²) < 4.78 is 9.08. The molecule has 0 bridgehead atoms. The first-order chi connectivity index (χ1) is 36.1. The number of imide groups is 1. The summed E-state index contributed by atoms with van der Waals surface area (Å²) in [6, 6.07) is 31.8. The number of hydrogen-bond donors (Lipinski definition) is 3. The van der Waals surface area contributed by atoms with Crippen LogP contribution in [0.4, 0.5) is 16.6 Å². The van der Waals surface area contributed by atoms with Gasteiger partial charge in [-0.1, -0.05) is 47.7 Å². The van der Waals surface area contributed by atoms with Crippen LogP contribution in [0.25, 0.3) is 21.1 Å². The monoisotopic (exact) mass is 1010 g/mol. The summed E-state index contributed by atoms with van der Waals surface area (Å²) in [4.78, 5) is 69.4. The van der Waals surface area contributed by atoms with Gasteiger partial charge in [0.15, 0.2) is 10.8 Å². The van der Waals surface area contributed by atoms with Gasteiger partial charge in [0.05, 0.1) is 27.3 Å². The first-order valence-corrected chi connectivity index (χ1v) is 26.9. The molecule has 7 heterocycles. The van der Waals surface area contributed by atoms with Crippen LogP contribution in [0.1, 0.15) is 93.2 Å². The minimum Gasteiger partial charge on any atom is -0.489 e. The zero-order valence-electron chi connectivity index (χ0n) is 41.8. The van der Waals surface area contributed by atoms with E-state index in [0.29, 0.717) is 66.1 Å². The van der Waals surface area contributed by atoms with Gasteiger partial charge in [-0.15, -0.1) is 0 Å². The topological polar surface area (TPSA) is 178 Å². The molecular weight excluding hydrogens is 953 g/mol. The fraction of sp³-hybridized carbons (Fsp3) is 0.386. The number of carboxylic acid groups (broad SMARTS) is 1. The fourth-order valence-corrected chi connectivity index (χ4v) is 12.1. The summed E-state index contributed by atoms with van der Waals surface area (Å²) >= 11 is 1.44. The third-order valence-corrected chi connectivity index (χ3v) is 16.4. The molecule has 0 radical (unpaired) electrons. The van der Waals surface area contributed by atoms with Crippen molar-refractivity contribution in [2.75, 3.05) is 74.0 Å². The number of nitrogens with one attached hydrogen (secondary N) is 2. The normalized spacial score (nSPS) is 17.9. The Morgan fingerprint density at radius 3 is 2.45 bits per heavy atom. The number of carboxylic acids is 1. The summed E-state index contributed by atoms with van der Waals surface area (Å²) in [5.41, 5.74) is 7.99. The Hall–Kier alpha value is -7.21. The second kappa shape index (κ2) is 21.7. The SMILES string of the molecule is Cn1nc(C2CCC(=O)NC2=O)c2ccc(N3CCN(CCCN4CCC(CCc5cccc(OCc6ccc(N7CCc8cccc(C(=O)Nc9nc%10ccccc%10s9)c8C7)nc6C(=O)O)c5)CC4)CC3)cc21. The van der Waals surface area contributed by atoms with Gasteiger partial charge in [0.25, 0.3) is 5.91 Å². The minimum absolute atomic E-state index is 0.0433. The maximum Gasteiger partial charge on any atom is 0.354 e. The molecule has 0 spiro atoms. The van der Waals surface area contributed by atoms with Gasteiger partial charge in [-0.2, -0.15) is 5.10 Å². The lowest BCUT2D eigenvalue weighted by molar-refractivity contribution is -0.134. The predicted octanol–water partition coefficient (Wildman–Crippen LogP) is 8.05. The van der Waals surface area contributed by atoms with Crippen molar-refractivity contribution in [2.45, 2.75) is 70.4 Å². The van der Waals surface area contributed by atoms with E-state index in [0.717, 1.165) is 103 Å².